The van der Waals surface area contributed by atoms with Crippen LogP contribution in [0, 0.1) is 6.92 Å². The maximum absolute atomic E-state index is 12.9. The molecule has 2 heterocycles. The fourth-order valence-electron chi connectivity index (χ4n) is 3.19. The van der Waals surface area contributed by atoms with E-state index in [-0.39, 0.29) is 21.2 Å². The van der Waals surface area contributed by atoms with Gasteiger partial charge in [0.2, 0.25) is 0 Å². The van der Waals surface area contributed by atoms with E-state index in [9.17, 15) is 27.6 Å². The van der Waals surface area contributed by atoms with Crippen LogP contribution in [0.4, 0.5) is 13.2 Å². The van der Waals surface area contributed by atoms with Gasteiger partial charge in [0, 0.05) is 19.7 Å². The number of fused-ring (bicyclic) bond motifs is 1. The first-order chi connectivity index (χ1) is 12.2. The van der Waals surface area contributed by atoms with Crippen LogP contribution in [0.3, 0.4) is 0 Å². The number of thiophene rings is 1. The van der Waals surface area contributed by atoms with Crippen LogP contribution in [0.5, 0.6) is 0 Å². The molecule has 0 amide bonds. The van der Waals surface area contributed by atoms with Gasteiger partial charge in [0.05, 0.1) is 22.8 Å². The van der Waals surface area contributed by atoms with E-state index < -0.39 is 36.4 Å². The van der Waals surface area contributed by atoms with Gasteiger partial charge in [-0.3, -0.25) is 18.7 Å². The highest BCUT2D eigenvalue weighted by Crippen LogP contribution is 2.34. The summed E-state index contributed by atoms with van der Waals surface area (Å²) in [5.41, 5.74) is -0.943. The van der Waals surface area contributed by atoms with Crippen molar-refractivity contribution in [3.8, 4) is 0 Å². The molecule has 0 bridgehead atoms. The lowest BCUT2D eigenvalue weighted by Gasteiger charge is -2.35. The Morgan fingerprint density at radius 1 is 1.31 bits per heavy atom. The van der Waals surface area contributed by atoms with Crippen LogP contribution >= 0.6 is 11.3 Å². The maximum Gasteiger partial charge on any atom is 0.390 e. The van der Waals surface area contributed by atoms with Crippen molar-refractivity contribution in [2.24, 2.45) is 0 Å². The maximum atomic E-state index is 12.9. The molecular weight excluding hydrogens is 373 g/mol. The molecule has 26 heavy (non-hydrogen) atoms. The number of aromatic nitrogens is 2. The number of aldehydes is 1. The van der Waals surface area contributed by atoms with Gasteiger partial charge in [-0.25, -0.2) is 4.79 Å². The summed E-state index contributed by atoms with van der Waals surface area (Å²) in [6.45, 7) is 0.962. The molecule has 1 aliphatic carbocycles. The van der Waals surface area contributed by atoms with E-state index in [4.69, 9.17) is 4.74 Å². The van der Waals surface area contributed by atoms with Crippen molar-refractivity contribution in [2.45, 2.75) is 51.1 Å². The summed E-state index contributed by atoms with van der Waals surface area (Å²) in [6.07, 6.45) is -4.28. The van der Waals surface area contributed by atoms with Crippen LogP contribution in [0.15, 0.2) is 9.59 Å². The van der Waals surface area contributed by atoms with Gasteiger partial charge in [-0.1, -0.05) is 0 Å². The van der Waals surface area contributed by atoms with Crippen LogP contribution in [-0.2, 0) is 11.3 Å². The predicted octanol–water partition coefficient (Wildman–Crippen LogP) is 2.65. The Morgan fingerprint density at radius 3 is 2.50 bits per heavy atom. The van der Waals surface area contributed by atoms with Crippen molar-refractivity contribution in [1.82, 2.24) is 9.13 Å². The van der Waals surface area contributed by atoms with Gasteiger partial charge in [0.15, 0.2) is 6.29 Å². The SMILES string of the molecule is CO[C@H]1C[C@H](n2c(=O)c3c(C)c(C=O)sc3n(CCC(F)(F)F)c2=O)C1. The third kappa shape index (κ3) is 3.11. The predicted molar refractivity (Wildman–Crippen MR) is 90.2 cm³/mol. The highest BCUT2D eigenvalue weighted by molar-refractivity contribution is 7.20. The monoisotopic (exact) mass is 390 g/mol. The van der Waals surface area contributed by atoms with E-state index in [2.05, 4.69) is 0 Å². The summed E-state index contributed by atoms with van der Waals surface area (Å²) < 4.78 is 45.2. The fraction of sp³-hybridized carbons (Fsp3) is 0.562. The number of hydrogen-bond acceptors (Lipinski definition) is 5. The van der Waals surface area contributed by atoms with E-state index in [1.807, 2.05) is 0 Å². The second-order valence-electron chi connectivity index (χ2n) is 6.35. The first-order valence-corrected chi connectivity index (χ1v) is 8.82. The quantitative estimate of drug-likeness (QED) is 0.736. The molecule has 6 nitrogen and oxygen atoms in total. The van der Waals surface area contributed by atoms with E-state index in [0.717, 1.165) is 20.5 Å². The van der Waals surface area contributed by atoms with Crippen LogP contribution < -0.4 is 11.2 Å². The molecule has 0 radical (unpaired) electrons. The molecule has 0 unspecified atom stereocenters. The number of methoxy groups -OCH3 is 1. The van der Waals surface area contributed by atoms with Crippen LogP contribution in [-0.4, -0.2) is 34.8 Å². The minimum atomic E-state index is -4.44. The zero-order valence-corrected chi connectivity index (χ0v) is 14.9. The summed E-state index contributed by atoms with van der Waals surface area (Å²) in [4.78, 5) is 37.2. The Kier molecular flexibility index (Phi) is 4.82. The van der Waals surface area contributed by atoms with Gasteiger partial charge >= 0.3 is 11.9 Å². The van der Waals surface area contributed by atoms with Crippen LogP contribution in [0.25, 0.3) is 10.2 Å². The molecule has 1 aliphatic rings. The Bertz CT molecular complexity index is 967. The van der Waals surface area contributed by atoms with Crippen molar-refractivity contribution in [3.05, 3.63) is 31.3 Å². The average molecular weight is 390 g/mol. The molecule has 0 aliphatic heterocycles. The smallest absolute Gasteiger partial charge is 0.381 e. The number of alkyl halides is 3. The van der Waals surface area contributed by atoms with Gasteiger partial charge in [0.1, 0.15) is 4.83 Å². The Labute approximate surface area is 149 Å². The number of hydrogen-bond donors (Lipinski definition) is 0. The molecule has 0 atom stereocenters. The minimum absolute atomic E-state index is 0.0836. The number of carbonyl (C=O) groups is 1. The van der Waals surface area contributed by atoms with Gasteiger partial charge in [-0.15, -0.1) is 11.3 Å². The second kappa shape index (κ2) is 6.66. The highest BCUT2D eigenvalue weighted by Gasteiger charge is 2.35. The van der Waals surface area contributed by atoms with Crippen molar-refractivity contribution >= 4 is 27.8 Å². The summed E-state index contributed by atoms with van der Waals surface area (Å²) in [6, 6.07) is -0.416. The topological polar surface area (TPSA) is 70.3 Å². The van der Waals surface area contributed by atoms with Crippen molar-refractivity contribution < 1.29 is 22.7 Å². The average Bonchev–Trinajstić information content (AvgIpc) is 2.85. The number of halogens is 3. The minimum Gasteiger partial charge on any atom is -0.381 e. The molecule has 10 heteroatoms. The van der Waals surface area contributed by atoms with Crippen LogP contribution in [0.1, 0.15) is 40.5 Å². The zero-order valence-electron chi connectivity index (χ0n) is 14.1. The van der Waals surface area contributed by atoms with Crippen molar-refractivity contribution in [3.63, 3.8) is 0 Å². The normalized spacial score (nSPS) is 20.3. The summed E-state index contributed by atoms with van der Waals surface area (Å²) in [5, 5.41) is 0.139. The lowest BCUT2D eigenvalue weighted by Crippen LogP contribution is -2.47. The number of ether oxygens (including phenoxy) is 1. The molecule has 1 saturated carbocycles. The molecule has 1 fully saturated rings. The van der Waals surface area contributed by atoms with E-state index in [1.165, 1.54) is 7.11 Å². The molecule has 142 valence electrons. The van der Waals surface area contributed by atoms with E-state index in [1.54, 1.807) is 6.92 Å². The molecule has 0 aromatic carbocycles. The summed E-state index contributed by atoms with van der Waals surface area (Å²) in [5.74, 6) is 0. The number of aryl methyl sites for hydroxylation is 2. The molecule has 2 aromatic heterocycles. The molecule has 0 N–H and O–H groups in total. The highest BCUT2D eigenvalue weighted by atomic mass is 32.1. The zero-order chi connectivity index (χ0) is 19.2. The first-order valence-electron chi connectivity index (χ1n) is 8.01. The summed E-state index contributed by atoms with van der Waals surface area (Å²) >= 11 is 0.870. The molecule has 2 aromatic rings. The lowest BCUT2D eigenvalue weighted by atomic mass is 9.89. The van der Waals surface area contributed by atoms with Gasteiger partial charge < -0.3 is 4.74 Å². The molecular formula is C16H17F3N2O4S. The van der Waals surface area contributed by atoms with Crippen molar-refractivity contribution in [2.75, 3.05) is 7.11 Å². The van der Waals surface area contributed by atoms with Gasteiger partial charge in [-0.2, -0.15) is 13.2 Å². The first kappa shape index (κ1) is 18.8. The Morgan fingerprint density at radius 2 is 1.96 bits per heavy atom. The third-order valence-corrected chi connectivity index (χ3v) is 6.01. The second-order valence-corrected chi connectivity index (χ2v) is 7.38. The van der Waals surface area contributed by atoms with Crippen molar-refractivity contribution in [1.29, 1.82) is 0 Å². The summed E-state index contributed by atoms with van der Waals surface area (Å²) in [7, 11) is 1.52. The Hall–Kier alpha value is -1.94. The number of carbonyl (C=O) groups excluding carboxylic acids is 1. The van der Waals surface area contributed by atoms with Gasteiger partial charge in [0.25, 0.3) is 5.56 Å². The van der Waals surface area contributed by atoms with Gasteiger partial charge in [-0.05, 0) is 25.3 Å². The molecule has 0 saturated heterocycles. The Balaban J connectivity index is 2.21. The molecule has 0 spiro atoms. The van der Waals surface area contributed by atoms with Crippen LogP contribution in [0.2, 0.25) is 0 Å². The molecule has 3 rings (SSSR count). The third-order valence-electron chi connectivity index (χ3n) is 4.77. The standard InChI is InChI=1S/C16H17F3N2O4S/c1-8-11(7-22)26-14-12(8)13(23)21(9-5-10(6-9)25-2)15(24)20(14)4-3-16(17,18)19/h7,9-10H,3-6H2,1-2H3/t9-,10-. The fourth-order valence-corrected chi connectivity index (χ4v) is 4.33. The number of nitrogens with zero attached hydrogens (tertiary/aromatic N) is 2. The number of rotatable bonds is 5. The van der Waals surface area contributed by atoms with E-state index >= 15 is 0 Å². The lowest BCUT2D eigenvalue weighted by molar-refractivity contribution is -0.136. The van der Waals surface area contributed by atoms with E-state index in [0.29, 0.717) is 24.7 Å². The largest absolute Gasteiger partial charge is 0.390 e.